The zero-order valence-electron chi connectivity index (χ0n) is 13.8. The Hall–Kier alpha value is -1.34. The number of aromatic nitrogens is 1. The Morgan fingerprint density at radius 2 is 1.95 bits per heavy atom. The van der Waals surface area contributed by atoms with Crippen molar-refractivity contribution in [3.05, 3.63) is 17.8 Å². The summed E-state index contributed by atoms with van der Waals surface area (Å²) in [6.45, 7) is 3.73. The molecule has 6 nitrogen and oxygen atoms in total. The molecule has 22 heavy (non-hydrogen) atoms. The number of pyridine rings is 1. The van der Waals surface area contributed by atoms with Crippen LogP contribution >= 0.6 is 0 Å². The van der Waals surface area contributed by atoms with Crippen LogP contribution in [0.25, 0.3) is 0 Å². The largest absolute Gasteiger partial charge is 0.358 e. The summed E-state index contributed by atoms with van der Waals surface area (Å²) >= 11 is 0. The maximum Gasteiger partial charge on any atom is 0.235 e. The molecule has 1 aliphatic carbocycles. The minimum absolute atomic E-state index is 0.236. The summed E-state index contributed by atoms with van der Waals surface area (Å²) in [5.41, 5.74) is 1.53. The van der Waals surface area contributed by atoms with Crippen LogP contribution in [0.1, 0.15) is 24.8 Å². The normalized spacial score (nSPS) is 15.1. The molecular weight excluding hydrogens is 300 g/mol. The molecule has 0 unspecified atom stereocenters. The van der Waals surface area contributed by atoms with Crippen molar-refractivity contribution in [1.29, 1.82) is 0 Å². The lowest BCUT2D eigenvalue weighted by atomic mass is 10.2. The second kappa shape index (κ2) is 6.83. The van der Waals surface area contributed by atoms with E-state index in [1.165, 1.54) is 0 Å². The molecule has 7 heteroatoms. The highest BCUT2D eigenvalue weighted by Gasteiger charge is 2.36. The van der Waals surface area contributed by atoms with Crippen LogP contribution in [0.2, 0.25) is 0 Å². The van der Waals surface area contributed by atoms with Gasteiger partial charge in [-0.25, -0.2) is 13.4 Å². The fraction of sp³-hybridized carbons (Fsp3) is 0.667. The predicted molar refractivity (Wildman–Crippen MR) is 91.0 cm³/mol. The van der Waals surface area contributed by atoms with Gasteiger partial charge >= 0.3 is 0 Å². The number of nitrogens with one attached hydrogen (secondary N) is 1. The van der Waals surface area contributed by atoms with Crippen molar-refractivity contribution in [3.8, 4) is 0 Å². The highest BCUT2D eigenvalue weighted by atomic mass is 32.2. The Balaban J connectivity index is 2.13. The number of aryl methyl sites for hydroxylation is 1. The fourth-order valence-electron chi connectivity index (χ4n) is 2.29. The minimum atomic E-state index is -3.27. The fourth-order valence-corrected chi connectivity index (χ4v) is 3.67. The number of sulfonamides is 1. The van der Waals surface area contributed by atoms with E-state index in [0.717, 1.165) is 37.9 Å². The first kappa shape index (κ1) is 17.0. The van der Waals surface area contributed by atoms with Gasteiger partial charge in [-0.05, 0) is 58.5 Å². The smallest absolute Gasteiger partial charge is 0.235 e. The maximum atomic E-state index is 12.2. The van der Waals surface area contributed by atoms with Gasteiger partial charge in [0.1, 0.15) is 0 Å². The molecule has 0 aromatic carbocycles. The quantitative estimate of drug-likeness (QED) is 0.787. The zero-order chi connectivity index (χ0) is 16.3. The van der Waals surface area contributed by atoms with Gasteiger partial charge in [-0.1, -0.05) is 0 Å². The lowest BCUT2D eigenvalue weighted by Crippen LogP contribution is -2.26. The van der Waals surface area contributed by atoms with Crippen LogP contribution < -0.4 is 9.62 Å². The third-order valence-corrected chi connectivity index (χ3v) is 5.53. The SMILES string of the molecule is Cc1cnc(N(C)CCCN(C)C)c(NS(=O)(=O)C2CC2)c1. The highest BCUT2D eigenvalue weighted by molar-refractivity contribution is 7.93. The molecule has 1 heterocycles. The second-order valence-electron chi connectivity index (χ2n) is 6.31. The molecule has 1 aromatic rings. The van der Waals surface area contributed by atoms with Crippen molar-refractivity contribution in [2.75, 3.05) is 43.9 Å². The van der Waals surface area contributed by atoms with Crippen LogP contribution in [0.4, 0.5) is 11.5 Å². The van der Waals surface area contributed by atoms with Crippen molar-refractivity contribution in [3.63, 3.8) is 0 Å². The van der Waals surface area contributed by atoms with Crippen LogP contribution in [0.5, 0.6) is 0 Å². The zero-order valence-corrected chi connectivity index (χ0v) is 14.7. The van der Waals surface area contributed by atoms with Gasteiger partial charge in [-0.3, -0.25) is 4.72 Å². The summed E-state index contributed by atoms with van der Waals surface area (Å²) in [5, 5.41) is -0.236. The van der Waals surface area contributed by atoms with Crippen molar-refractivity contribution in [2.24, 2.45) is 0 Å². The number of hydrogen-bond acceptors (Lipinski definition) is 5. The summed E-state index contributed by atoms with van der Waals surface area (Å²) < 4.78 is 27.1. The molecule has 0 amide bonds. The molecular formula is C15H26N4O2S. The van der Waals surface area contributed by atoms with Gasteiger partial charge in [0, 0.05) is 19.8 Å². The molecule has 1 aliphatic rings. The van der Waals surface area contributed by atoms with Crippen molar-refractivity contribution in [1.82, 2.24) is 9.88 Å². The summed E-state index contributed by atoms with van der Waals surface area (Å²) in [6.07, 6.45) is 4.27. The van der Waals surface area contributed by atoms with Crippen molar-refractivity contribution < 1.29 is 8.42 Å². The van der Waals surface area contributed by atoms with Gasteiger partial charge in [-0.2, -0.15) is 0 Å². The molecule has 0 atom stereocenters. The number of nitrogens with zero attached hydrogens (tertiary/aromatic N) is 3. The molecule has 1 fully saturated rings. The highest BCUT2D eigenvalue weighted by Crippen LogP contribution is 2.32. The molecule has 0 spiro atoms. The average molecular weight is 326 g/mol. The Kier molecular flexibility index (Phi) is 5.28. The molecule has 124 valence electrons. The number of anilines is 2. The van der Waals surface area contributed by atoms with Crippen LogP contribution in [-0.4, -0.2) is 57.8 Å². The van der Waals surface area contributed by atoms with E-state index in [0.29, 0.717) is 11.5 Å². The first-order valence-electron chi connectivity index (χ1n) is 7.64. The molecule has 0 bridgehead atoms. The molecule has 0 aliphatic heterocycles. The van der Waals surface area contributed by atoms with E-state index in [4.69, 9.17) is 0 Å². The van der Waals surface area contributed by atoms with Crippen molar-refractivity contribution >= 4 is 21.5 Å². The Labute approximate surface area is 133 Å². The van der Waals surface area contributed by atoms with Crippen LogP contribution in [-0.2, 0) is 10.0 Å². The average Bonchev–Trinajstić information content (AvgIpc) is 3.22. The van der Waals surface area contributed by atoms with Crippen LogP contribution in [0.15, 0.2) is 12.3 Å². The molecule has 1 saturated carbocycles. The Morgan fingerprint density at radius 3 is 2.55 bits per heavy atom. The summed E-state index contributed by atoms with van der Waals surface area (Å²) in [6, 6.07) is 1.85. The summed E-state index contributed by atoms with van der Waals surface area (Å²) in [7, 11) is 2.76. The predicted octanol–water partition coefficient (Wildman–Crippen LogP) is 1.68. The third kappa shape index (κ3) is 4.58. The lowest BCUT2D eigenvalue weighted by molar-refractivity contribution is 0.401. The Bertz CT molecular complexity index is 612. The summed E-state index contributed by atoms with van der Waals surface area (Å²) in [4.78, 5) is 8.56. The first-order chi connectivity index (χ1) is 10.3. The van der Waals surface area contributed by atoms with Gasteiger partial charge in [0.2, 0.25) is 10.0 Å². The number of rotatable bonds is 8. The van der Waals surface area contributed by atoms with E-state index < -0.39 is 10.0 Å². The van der Waals surface area contributed by atoms with E-state index in [-0.39, 0.29) is 5.25 Å². The van der Waals surface area contributed by atoms with E-state index in [1.807, 2.05) is 39.0 Å². The molecule has 1 N–H and O–H groups in total. The van der Waals surface area contributed by atoms with Crippen LogP contribution in [0, 0.1) is 6.92 Å². The van der Waals surface area contributed by atoms with Crippen LogP contribution in [0.3, 0.4) is 0 Å². The molecule has 1 aromatic heterocycles. The monoisotopic (exact) mass is 326 g/mol. The Morgan fingerprint density at radius 1 is 1.27 bits per heavy atom. The van der Waals surface area contributed by atoms with E-state index in [1.54, 1.807) is 6.20 Å². The minimum Gasteiger partial charge on any atom is -0.358 e. The molecule has 2 rings (SSSR count). The standard InChI is InChI=1S/C15H26N4O2S/c1-12-10-14(17-22(20,21)13-6-7-13)15(16-11-12)19(4)9-5-8-18(2)3/h10-11,13,17H,5-9H2,1-4H3. The van der Waals surface area contributed by atoms with Crippen molar-refractivity contribution in [2.45, 2.75) is 31.4 Å². The van der Waals surface area contributed by atoms with Gasteiger partial charge in [0.25, 0.3) is 0 Å². The third-order valence-electron chi connectivity index (χ3n) is 3.68. The van der Waals surface area contributed by atoms with Gasteiger partial charge < -0.3 is 9.80 Å². The van der Waals surface area contributed by atoms with Gasteiger partial charge in [-0.15, -0.1) is 0 Å². The topological polar surface area (TPSA) is 65.5 Å². The first-order valence-corrected chi connectivity index (χ1v) is 9.18. The number of hydrogen-bond donors (Lipinski definition) is 1. The van der Waals surface area contributed by atoms with Gasteiger partial charge in [0.15, 0.2) is 5.82 Å². The van der Waals surface area contributed by atoms with E-state index in [9.17, 15) is 8.42 Å². The maximum absolute atomic E-state index is 12.2. The van der Waals surface area contributed by atoms with Gasteiger partial charge in [0.05, 0.1) is 10.9 Å². The molecule has 0 saturated heterocycles. The lowest BCUT2D eigenvalue weighted by Gasteiger charge is -2.22. The summed E-state index contributed by atoms with van der Waals surface area (Å²) in [5.74, 6) is 0.689. The van der Waals surface area contributed by atoms with E-state index in [2.05, 4.69) is 14.6 Å². The second-order valence-corrected chi connectivity index (χ2v) is 8.27. The molecule has 0 radical (unpaired) electrons. The van der Waals surface area contributed by atoms with E-state index >= 15 is 0 Å².